The van der Waals surface area contributed by atoms with Crippen LogP contribution in [-0.2, 0) is 5.41 Å². The molecule has 0 aromatic heterocycles. The number of allylic oxidation sites excluding steroid dienone is 14. The molecule has 1 spiro atoms. The molecule has 4 rings (SSSR count). The van der Waals surface area contributed by atoms with Crippen molar-refractivity contribution >= 4 is 16.3 Å². The summed E-state index contributed by atoms with van der Waals surface area (Å²) < 4.78 is 14.6. The van der Waals surface area contributed by atoms with Crippen LogP contribution in [-0.4, -0.2) is 0 Å². The lowest BCUT2D eigenvalue weighted by Gasteiger charge is -2.34. The standard InChI is InChI=1S/C31H29F/c1-7-10-16-26-21(5)24(9-3)27(13-8-2)31(26)28-18-17-23-14-11-12-15-25(23)30(28)22(6)29(31)19-20(4)32/h7-19H,1,3H2,2,4-6H3/b13-8-,16-10-,20-19+. The van der Waals surface area contributed by atoms with Crippen molar-refractivity contribution in [1.29, 1.82) is 0 Å². The SMILES string of the molecule is C=C/C=C\C1=C(C)C(C=C)=C(/C=C\C)C12C(/C=C(\C)F)=C(C)c1c2ccc2ccccc12. The molecule has 0 radical (unpaired) electrons. The summed E-state index contributed by atoms with van der Waals surface area (Å²) in [4.78, 5) is 0. The molecule has 2 aliphatic rings. The van der Waals surface area contributed by atoms with Crippen LogP contribution in [0.25, 0.3) is 16.3 Å². The first-order chi connectivity index (χ1) is 15.4. The second kappa shape index (κ2) is 8.24. The van der Waals surface area contributed by atoms with E-state index in [9.17, 15) is 4.39 Å². The molecular formula is C31H29F. The van der Waals surface area contributed by atoms with Crippen LogP contribution < -0.4 is 0 Å². The molecule has 32 heavy (non-hydrogen) atoms. The van der Waals surface area contributed by atoms with Crippen LogP contribution in [0.2, 0.25) is 0 Å². The van der Waals surface area contributed by atoms with Crippen LogP contribution in [0.3, 0.4) is 0 Å². The maximum atomic E-state index is 14.6. The van der Waals surface area contributed by atoms with Crippen LogP contribution in [0.4, 0.5) is 4.39 Å². The summed E-state index contributed by atoms with van der Waals surface area (Å²) in [7, 11) is 0. The Morgan fingerprint density at radius 2 is 1.69 bits per heavy atom. The molecule has 0 heterocycles. The van der Waals surface area contributed by atoms with Gasteiger partial charge in [-0.25, -0.2) is 4.39 Å². The number of fused-ring (bicyclic) bond motifs is 4. The maximum absolute atomic E-state index is 14.6. The lowest BCUT2D eigenvalue weighted by atomic mass is 9.67. The van der Waals surface area contributed by atoms with Crippen molar-refractivity contribution in [2.75, 3.05) is 0 Å². The third-order valence-corrected chi connectivity index (χ3v) is 6.70. The molecule has 1 atom stereocenters. The lowest BCUT2D eigenvalue weighted by Crippen LogP contribution is -2.28. The minimum absolute atomic E-state index is 0.201. The number of benzene rings is 2. The van der Waals surface area contributed by atoms with Gasteiger partial charge in [0, 0.05) is 0 Å². The monoisotopic (exact) mass is 420 g/mol. The molecule has 2 aromatic carbocycles. The summed E-state index contributed by atoms with van der Waals surface area (Å²) in [6.07, 6.45) is 13.8. The van der Waals surface area contributed by atoms with E-state index in [2.05, 4.69) is 81.6 Å². The van der Waals surface area contributed by atoms with Gasteiger partial charge in [-0.15, -0.1) is 0 Å². The Bertz CT molecular complexity index is 1330. The fourth-order valence-corrected chi connectivity index (χ4v) is 5.58. The topological polar surface area (TPSA) is 0 Å². The number of hydrogen-bond acceptors (Lipinski definition) is 0. The zero-order chi connectivity index (χ0) is 23.0. The van der Waals surface area contributed by atoms with Gasteiger partial charge in [-0.2, -0.15) is 0 Å². The highest BCUT2D eigenvalue weighted by molar-refractivity contribution is 6.02. The van der Waals surface area contributed by atoms with Crippen molar-refractivity contribution < 1.29 is 4.39 Å². The molecule has 0 saturated heterocycles. The van der Waals surface area contributed by atoms with Gasteiger partial charge in [-0.1, -0.05) is 86.0 Å². The Kier molecular flexibility index (Phi) is 5.60. The minimum Gasteiger partial charge on any atom is -0.212 e. The quantitative estimate of drug-likeness (QED) is 0.424. The molecule has 0 amide bonds. The van der Waals surface area contributed by atoms with E-state index in [1.807, 2.05) is 19.1 Å². The molecular weight excluding hydrogens is 391 g/mol. The van der Waals surface area contributed by atoms with Crippen molar-refractivity contribution in [3.05, 3.63) is 137 Å². The van der Waals surface area contributed by atoms with Crippen LogP contribution in [0, 0.1) is 0 Å². The molecule has 0 fully saturated rings. The fourth-order valence-electron chi connectivity index (χ4n) is 5.58. The van der Waals surface area contributed by atoms with E-state index in [-0.39, 0.29) is 5.83 Å². The average molecular weight is 421 g/mol. The minimum atomic E-state index is -0.601. The van der Waals surface area contributed by atoms with Crippen molar-refractivity contribution in [3.63, 3.8) is 0 Å². The normalized spacial score (nSPS) is 21.2. The summed E-state index contributed by atoms with van der Waals surface area (Å²) in [5.74, 6) is -0.201. The van der Waals surface area contributed by atoms with Gasteiger partial charge in [0.2, 0.25) is 0 Å². The van der Waals surface area contributed by atoms with Gasteiger partial charge in [0.25, 0.3) is 0 Å². The van der Waals surface area contributed by atoms with Crippen LogP contribution >= 0.6 is 0 Å². The summed E-state index contributed by atoms with van der Waals surface area (Å²) in [5, 5.41) is 2.38. The third-order valence-electron chi connectivity index (χ3n) is 6.70. The molecule has 0 N–H and O–H groups in total. The second-order valence-electron chi connectivity index (χ2n) is 8.39. The average Bonchev–Trinajstić information content (AvgIpc) is 3.16. The Morgan fingerprint density at radius 1 is 0.938 bits per heavy atom. The molecule has 0 saturated carbocycles. The molecule has 0 aliphatic heterocycles. The number of rotatable bonds is 5. The third kappa shape index (κ3) is 2.88. The molecule has 0 nitrogen and oxygen atoms in total. The van der Waals surface area contributed by atoms with Gasteiger partial charge in [0.1, 0.15) is 0 Å². The molecule has 160 valence electrons. The molecule has 2 aromatic rings. The first-order valence-corrected chi connectivity index (χ1v) is 11.0. The predicted molar refractivity (Wildman–Crippen MR) is 137 cm³/mol. The maximum Gasteiger partial charge on any atom is 0.0972 e. The lowest BCUT2D eigenvalue weighted by molar-refractivity contribution is 0.634. The number of halogens is 1. The Hall–Kier alpha value is -3.45. The van der Waals surface area contributed by atoms with Gasteiger partial charge in [0.15, 0.2) is 0 Å². The van der Waals surface area contributed by atoms with E-state index in [0.29, 0.717) is 0 Å². The van der Waals surface area contributed by atoms with Gasteiger partial charge >= 0.3 is 0 Å². The Morgan fingerprint density at radius 3 is 2.34 bits per heavy atom. The van der Waals surface area contributed by atoms with Crippen molar-refractivity contribution in [1.82, 2.24) is 0 Å². The molecule has 1 heteroatoms. The van der Waals surface area contributed by atoms with E-state index in [1.165, 1.54) is 28.8 Å². The van der Waals surface area contributed by atoms with Crippen LogP contribution in [0.1, 0.15) is 38.8 Å². The first-order valence-electron chi connectivity index (χ1n) is 11.0. The van der Waals surface area contributed by atoms with E-state index < -0.39 is 5.41 Å². The largest absolute Gasteiger partial charge is 0.212 e. The van der Waals surface area contributed by atoms with Gasteiger partial charge < -0.3 is 0 Å². The highest BCUT2D eigenvalue weighted by Gasteiger charge is 2.52. The fraction of sp³-hybridized carbons (Fsp3) is 0.161. The highest BCUT2D eigenvalue weighted by Crippen LogP contribution is 2.62. The zero-order valence-electron chi connectivity index (χ0n) is 19.3. The summed E-state index contributed by atoms with van der Waals surface area (Å²) in [5.41, 5.74) is 8.41. The van der Waals surface area contributed by atoms with Crippen molar-refractivity contribution in [2.24, 2.45) is 0 Å². The molecule has 2 aliphatic carbocycles. The van der Waals surface area contributed by atoms with Crippen LogP contribution in [0.5, 0.6) is 0 Å². The number of hydrogen-bond donors (Lipinski definition) is 0. The molecule has 1 unspecified atom stereocenters. The van der Waals surface area contributed by atoms with Gasteiger partial charge in [-0.3, -0.25) is 0 Å². The Balaban J connectivity index is 2.27. The van der Waals surface area contributed by atoms with Gasteiger partial charge in [0.05, 0.1) is 11.2 Å². The van der Waals surface area contributed by atoms with E-state index in [4.69, 9.17) is 0 Å². The molecule has 0 bridgehead atoms. The Labute approximate surface area is 190 Å². The summed E-state index contributed by atoms with van der Waals surface area (Å²) >= 11 is 0. The van der Waals surface area contributed by atoms with Crippen molar-refractivity contribution in [3.8, 4) is 0 Å². The smallest absolute Gasteiger partial charge is 0.0972 e. The zero-order valence-corrected chi connectivity index (χ0v) is 19.3. The van der Waals surface area contributed by atoms with E-state index in [1.54, 1.807) is 12.2 Å². The summed E-state index contributed by atoms with van der Waals surface area (Å²) in [6.45, 7) is 15.8. The van der Waals surface area contributed by atoms with E-state index in [0.717, 1.165) is 33.4 Å². The van der Waals surface area contributed by atoms with Crippen molar-refractivity contribution in [2.45, 2.75) is 33.1 Å². The summed E-state index contributed by atoms with van der Waals surface area (Å²) in [6, 6.07) is 12.8. The second-order valence-corrected chi connectivity index (χ2v) is 8.39. The van der Waals surface area contributed by atoms with E-state index >= 15 is 0 Å². The highest BCUT2D eigenvalue weighted by atomic mass is 19.1. The van der Waals surface area contributed by atoms with Gasteiger partial charge in [-0.05, 0) is 89.1 Å². The predicted octanol–water partition coefficient (Wildman–Crippen LogP) is 8.87. The first kappa shape index (κ1) is 21.8. The van der Waals surface area contributed by atoms with Crippen LogP contribution in [0.15, 0.2) is 126 Å².